The molecule has 6 nitrogen and oxygen atoms in total. The first kappa shape index (κ1) is 19.8. The fraction of sp³-hybridized carbons (Fsp3) is 0.722. The van der Waals surface area contributed by atoms with E-state index in [0.717, 1.165) is 31.0 Å². The van der Waals surface area contributed by atoms with Crippen LogP contribution in [0.3, 0.4) is 0 Å². The van der Waals surface area contributed by atoms with Gasteiger partial charge in [-0.05, 0) is 12.8 Å². The number of nitrogens with one attached hydrogen (secondary N) is 1. The molecule has 1 atom stereocenters. The van der Waals surface area contributed by atoms with Gasteiger partial charge in [0.1, 0.15) is 0 Å². The zero-order valence-electron chi connectivity index (χ0n) is 15.8. The van der Waals surface area contributed by atoms with Gasteiger partial charge in [0.15, 0.2) is 16.3 Å². The topological polar surface area (TPSA) is 72.7 Å². The molecule has 2 aromatic heterocycles. The third-order valence-electron chi connectivity index (χ3n) is 4.59. The predicted molar refractivity (Wildman–Crippen MR) is 105 cm³/mol. The highest BCUT2D eigenvalue weighted by Gasteiger charge is 2.18. The Bertz CT molecular complexity index is 806. The Morgan fingerprint density at radius 2 is 1.80 bits per heavy atom. The van der Waals surface area contributed by atoms with Crippen LogP contribution in [0.5, 0.6) is 0 Å². The molecule has 0 spiro atoms. The molecule has 0 radical (unpaired) electrons. The SMILES string of the molecule is CCCCCCCCn1c(S[C@@H](C)CC)nc2c1c(=O)[nH]c(=O)n2C. The van der Waals surface area contributed by atoms with Gasteiger partial charge in [-0.15, -0.1) is 0 Å². The Labute approximate surface area is 153 Å². The molecule has 0 saturated carbocycles. The van der Waals surface area contributed by atoms with Gasteiger partial charge >= 0.3 is 5.69 Å². The molecule has 0 amide bonds. The smallest absolute Gasteiger partial charge is 0.313 e. The predicted octanol–water partition coefficient (Wildman–Crippen LogP) is 3.67. The monoisotopic (exact) mass is 366 g/mol. The summed E-state index contributed by atoms with van der Waals surface area (Å²) in [5.41, 5.74) is 0.237. The second kappa shape index (κ2) is 9.27. The summed E-state index contributed by atoms with van der Waals surface area (Å²) in [5, 5.41) is 1.25. The quantitative estimate of drug-likeness (QED) is 0.514. The lowest BCUT2D eigenvalue weighted by Gasteiger charge is -2.11. The van der Waals surface area contributed by atoms with Crippen molar-refractivity contribution < 1.29 is 0 Å². The molecule has 7 heteroatoms. The maximum atomic E-state index is 12.4. The van der Waals surface area contributed by atoms with Gasteiger partial charge in [-0.25, -0.2) is 9.78 Å². The van der Waals surface area contributed by atoms with Crippen LogP contribution in [0, 0.1) is 0 Å². The van der Waals surface area contributed by atoms with Crippen molar-refractivity contribution in [3.63, 3.8) is 0 Å². The third kappa shape index (κ3) is 4.77. The number of fused-ring (bicyclic) bond motifs is 1. The summed E-state index contributed by atoms with van der Waals surface area (Å²) >= 11 is 1.67. The van der Waals surface area contributed by atoms with Gasteiger partial charge in [-0.2, -0.15) is 0 Å². The highest BCUT2D eigenvalue weighted by molar-refractivity contribution is 7.99. The van der Waals surface area contributed by atoms with E-state index in [0.29, 0.717) is 16.4 Å². The zero-order valence-corrected chi connectivity index (χ0v) is 16.6. The van der Waals surface area contributed by atoms with Crippen molar-refractivity contribution >= 4 is 22.9 Å². The van der Waals surface area contributed by atoms with Gasteiger partial charge in [0.25, 0.3) is 5.56 Å². The Hall–Kier alpha value is -1.50. The number of H-pyrrole nitrogens is 1. The molecule has 2 rings (SSSR count). The molecule has 0 aliphatic rings. The summed E-state index contributed by atoms with van der Waals surface area (Å²) in [4.78, 5) is 31.3. The lowest BCUT2D eigenvalue weighted by Crippen LogP contribution is -2.29. The first-order valence-electron chi connectivity index (χ1n) is 9.35. The van der Waals surface area contributed by atoms with Crippen LogP contribution in [0.15, 0.2) is 14.7 Å². The van der Waals surface area contributed by atoms with Crippen molar-refractivity contribution in [3.05, 3.63) is 20.8 Å². The second-order valence-electron chi connectivity index (χ2n) is 6.64. The van der Waals surface area contributed by atoms with Crippen LogP contribution in [0.2, 0.25) is 0 Å². The molecular weight excluding hydrogens is 336 g/mol. The fourth-order valence-corrected chi connectivity index (χ4v) is 3.80. The van der Waals surface area contributed by atoms with E-state index >= 15 is 0 Å². The number of aryl methyl sites for hydroxylation is 2. The van der Waals surface area contributed by atoms with E-state index in [1.165, 1.54) is 30.3 Å². The Kier molecular flexibility index (Phi) is 7.35. The average Bonchev–Trinajstić information content (AvgIpc) is 2.94. The molecule has 0 saturated heterocycles. The number of thioether (sulfide) groups is 1. The molecule has 2 heterocycles. The highest BCUT2D eigenvalue weighted by Crippen LogP contribution is 2.27. The molecule has 0 aliphatic carbocycles. The Balaban J connectivity index is 2.30. The van der Waals surface area contributed by atoms with Crippen LogP contribution in [-0.4, -0.2) is 24.4 Å². The van der Waals surface area contributed by atoms with E-state index < -0.39 is 5.69 Å². The summed E-state index contributed by atoms with van der Waals surface area (Å²) in [7, 11) is 1.65. The van der Waals surface area contributed by atoms with Gasteiger partial charge < -0.3 is 4.57 Å². The lowest BCUT2D eigenvalue weighted by atomic mass is 10.1. The van der Waals surface area contributed by atoms with E-state index in [1.54, 1.807) is 18.8 Å². The second-order valence-corrected chi connectivity index (χ2v) is 8.05. The van der Waals surface area contributed by atoms with Crippen molar-refractivity contribution in [2.75, 3.05) is 0 Å². The first-order chi connectivity index (χ1) is 12.0. The molecule has 25 heavy (non-hydrogen) atoms. The molecule has 0 aromatic carbocycles. The molecule has 2 aromatic rings. The number of aromatic nitrogens is 4. The van der Waals surface area contributed by atoms with Crippen LogP contribution in [0.25, 0.3) is 11.2 Å². The largest absolute Gasteiger partial charge is 0.329 e. The standard InChI is InChI=1S/C18H30N4O2S/c1-5-7-8-9-10-11-12-22-14-15(19-18(22)25-13(3)6-2)21(4)17(24)20-16(14)23/h13H,5-12H2,1-4H3,(H,20,23,24)/t13-/m0/s1. The summed E-state index contributed by atoms with van der Waals surface area (Å²) in [6.45, 7) is 7.28. The molecule has 1 N–H and O–H groups in total. The average molecular weight is 367 g/mol. The lowest BCUT2D eigenvalue weighted by molar-refractivity contribution is 0.543. The Morgan fingerprint density at radius 3 is 2.48 bits per heavy atom. The summed E-state index contributed by atoms with van der Waals surface area (Å²) in [5.74, 6) is 0. The van der Waals surface area contributed by atoms with Crippen molar-refractivity contribution in [1.29, 1.82) is 0 Å². The minimum Gasteiger partial charge on any atom is -0.313 e. The van der Waals surface area contributed by atoms with Crippen molar-refractivity contribution in [1.82, 2.24) is 19.1 Å². The van der Waals surface area contributed by atoms with E-state index in [1.807, 2.05) is 4.57 Å². The van der Waals surface area contributed by atoms with E-state index in [9.17, 15) is 9.59 Å². The van der Waals surface area contributed by atoms with E-state index in [2.05, 4.69) is 30.7 Å². The van der Waals surface area contributed by atoms with Crippen LogP contribution < -0.4 is 11.2 Å². The number of hydrogen-bond acceptors (Lipinski definition) is 4. The van der Waals surface area contributed by atoms with Crippen molar-refractivity contribution in [2.45, 2.75) is 82.7 Å². The van der Waals surface area contributed by atoms with Gasteiger partial charge in [0.05, 0.1) is 0 Å². The van der Waals surface area contributed by atoms with Crippen molar-refractivity contribution in [3.8, 4) is 0 Å². The number of rotatable bonds is 10. The molecular formula is C18H30N4O2S. The molecule has 0 fully saturated rings. The first-order valence-corrected chi connectivity index (χ1v) is 10.2. The van der Waals surface area contributed by atoms with Gasteiger partial charge in [-0.3, -0.25) is 14.3 Å². The van der Waals surface area contributed by atoms with Crippen LogP contribution in [0.4, 0.5) is 0 Å². The number of aromatic amines is 1. The number of hydrogen-bond donors (Lipinski definition) is 1. The highest BCUT2D eigenvalue weighted by atomic mass is 32.2. The maximum absolute atomic E-state index is 12.4. The van der Waals surface area contributed by atoms with E-state index in [-0.39, 0.29) is 5.56 Å². The number of imidazole rings is 1. The minimum absolute atomic E-state index is 0.340. The zero-order chi connectivity index (χ0) is 18.4. The summed E-state index contributed by atoms with van der Waals surface area (Å²) in [6, 6.07) is 0. The minimum atomic E-state index is -0.415. The number of unbranched alkanes of at least 4 members (excludes halogenated alkanes) is 5. The summed E-state index contributed by atoms with van der Waals surface area (Å²) < 4.78 is 3.43. The Morgan fingerprint density at radius 1 is 1.12 bits per heavy atom. The fourth-order valence-electron chi connectivity index (χ4n) is 2.83. The van der Waals surface area contributed by atoms with Crippen LogP contribution in [0.1, 0.15) is 65.7 Å². The van der Waals surface area contributed by atoms with E-state index in [4.69, 9.17) is 0 Å². The van der Waals surface area contributed by atoms with Crippen LogP contribution >= 0.6 is 11.8 Å². The number of nitrogens with zero attached hydrogens (tertiary/aromatic N) is 3. The van der Waals surface area contributed by atoms with Gasteiger partial charge in [0, 0.05) is 18.8 Å². The molecule has 0 bridgehead atoms. The van der Waals surface area contributed by atoms with Gasteiger partial charge in [0.2, 0.25) is 0 Å². The van der Waals surface area contributed by atoms with Crippen molar-refractivity contribution in [2.24, 2.45) is 7.05 Å². The maximum Gasteiger partial charge on any atom is 0.329 e. The normalized spacial score (nSPS) is 12.8. The van der Waals surface area contributed by atoms with Crippen LogP contribution in [-0.2, 0) is 13.6 Å². The van der Waals surface area contributed by atoms with Gasteiger partial charge in [-0.1, -0.05) is 64.6 Å². The molecule has 140 valence electrons. The molecule has 0 aliphatic heterocycles. The molecule has 0 unspecified atom stereocenters. The summed E-state index contributed by atoms with van der Waals surface area (Å²) in [6.07, 6.45) is 8.21. The third-order valence-corrected chi connectivity index (χ3v) is 5.85.